The van der Waals surface area contributed by atoms with Crippen LogP contribution in [0, 0.1) is 0 Å². The summed E-state index contributed by atoms with van der Waals surface area (Å²) in [5.74, 6) is -0.00365. The number of H-pyrrole nitrogens is 1. The van der Waals surface area contributed by atoms with Crippen LogP contribution in [-0.2, 0) is 6.42 Å². The highest BCUT2D eigenvalue weighted by molar-refractivity contribution is 5.93. The molecule has 0 aliphatic heterocycles. The van der Waals surface area contributed by atoms with Crippen molar-refractivity contribution >= 4 is 5.91 Å². The number of carbonyl (C=O) groups is 1. The number of rotatable bonds is 4. The van der Waals surface area contributed by atoms with Crippen LogP contribution in [0.3, 0.4) is 0 Å². The fraction of sp³-hybridized carbons (Fsp3) is 0.143. The van der Waals surface area contributed by atoms with E-state index >= 15 is 0 Å². The van der Waals surface area contributed by atoms with E-state index in [-0.39, 0.29) is 17.2 Å². The Kier molecular flexibility index (Phi) is 3.97. The molecule has 1 aromatic carbocycles. The van der Waals surface area contributed by atoms with Gasteiger partial charge in [0.1, 0.15) is 5.75 Å². The van der Waals surface area contributed by atoms with Gasteiger partial charge < -0.3 is 15.4 Å². The summed E-state index contributed by atoms with van der Waals surface area (Å²) in [6, 6.07) is 9.63. The Bertz CT molecular complexity index is 597. The highest BCUT2D eigenvalue weighted by Gasteiger charge is 2.04. The van der Waals surface area contributed by atoms with E-state index in [4.69, 9.17) is 5.11 Å². The molecule has 0 aliphatic carbocycles. The van der Waals surface area contributed by atoms with Gasteiger partial charge in [0, 0.05) is 18.8 Å². The minimum atomic E-state index is -0.236. The molecule has 19 heavy (non-hydrogen) atoms. The van der Waals surface area contributed by atoms with Crippen LogP contribution in [0.5, 0.6) is 5.75 Å². The molecule has 0 fully saturated rings. The van der Waals surface area contributed by atoms with Crippen molar-refractivity contribution in [2.45, 2.75) is 6.42 Å². The average Bonchev–Trinajstić information content (AvgIpc) is 2.41. The van der Waals surface area contributed by atoms with E-state index in [2.05, 4.69) is 10.3 Å². The Hall–Kier alpha value is -2.56. The molecule has 5 heteroatoms. The standard InChI is InChI=1S/C14H14N2O3/c17-12-4-1-10(2-5-12)7-8-15-14(19)11-3-6-13(18)16-9-11/h1-6,9,17H,7-8H2,(H,15,19)(H,16,18). The lowest BCUT2D eigenvalue weighted by molar-refractivity contribution is 0.0953. The van der Waals surface area contributed by atoms with Gasteiger partial charge in [-0.15, -0.1) is 0 Å². The zero-order valence-electron chi connectivity index (χ0n) is 10.2. The number of aromatic nitrogens is 1. The van der Waals surface area contributed by atoms with Crippen LogP contribution in [0.15, 0.2) is 47.4 Å². The lowest BCUT2D eigenvalue weighted by Gasteiger charge is -2.05. The molecule has 0 saturated heterocycles. The minimum Gasteiger partial charge on any atom is -0.508 e. The van der Waals surface area contributed by atoms with Crippen LogP contribution >= 0.6 is 0 Å². The van der Waals surface area contributed by atoms with E-state index in [1.54, 1.807) is 12.1 Å². The van der Waals surface area contributed by atoms with Crippen LogP contribution in [0.25, 0.3) is 0 Å². The third-order valence-corrected chi connectivity index (χ3v) is 2.68. The van der Waals surface area contributed by atoms with Gasteiger partial charge in [-0.2, -0.15) is 0 Å². The van der Waals surface area contributed by atoms with E-state index < -0.39 is 0 Å². The van der Waals surface area contributed by atoms with Gasteiger partial charge in [0.15, 0.2) is 0 Å². The topological polar surface area (TPSA) is 82.2 Å². The molecule has 0 spiro atoms. The highest BCUT2D eigenvalue weighted by Crippen LogP contribution is 2.09. The molecule has 2 aromatic rings. The number of amides is 1. The van der Waals surface area contributed by atoms with Gasteiger partial charge in [0.25, 0.3) is 5.91 Å². The molecule has 1 amide bonds. The average molecular weight is 258 g/mol. The van der Waals surface area contributed by atoms with Crippen LogP contribution in [0.4, 0.5) is 0 Å². The zero-order valence-corrected chi connectivity index (χ0v) is 10.2. The molecule has 0 atom stereocenters. The smallest absolute Gasteiger partial charge is 0.252 e. The maximum Gasteiger partial charge on any atom is 0.252 e. The van der Waals surface area contributed by atoms with Gasteiger partial charge in [-0.05, 0) is 30.2 Å². The van der Waals surface area contributed by atoms with Crippen LogP contribution in [-0.4, -0.2) is 22.5 Å². The van der Waals surface area contributed by atoms with E-state index in [1.807, 2.05) is 12.1 Å². The van der Waals surface area contributed by atoms with E-state index in [0.717, 1.165) is 5.56 Å². The van der Waals surface area contributed by atoms with Gasteiger partial charge >= 0.3 is 0 Å². The molecule has 0 bridgehead atoms. The Morgan fingerprint density at radius 2 is 1.89 bits per heavy atom. The highest BCUT2D eigenvalue weighted by atomic mass is 16.3. The van der Waals surface area contributed by atoms with E-state index in [9.17, 15) is 9.59 Å². The molecule has 1 heterocycles. The lowest BCUT2D eigenvalue weighted by atomic mass is 10.1. The van der Waals surface area contributed by atoms with Crippen molar-refractivity contribution in [1.29, 1.82) is 0 Å². The number of aromatic hydroxyl groups is 1. The van der Waals surface area contributed by atoms with Crippen molar-refractivity contribution in [3.63, 3.8) is 0 Å². The number of phenols is 1. The first kappa shape index (κ1) is 12.9. The monoisotopic (exact) mass is 258 g/mol. The first-order valence-electron chi connectivity index (χ1n) is 5.90. The van der Waals surface area contributed by atoms with Crippen molar-refractivity contribution in [1.82, 2.24) is 10.3 Å². The van der Waals surface area contributed by atoms with Gasteiger partial charge in [-0.1, -0.05) is 12.1 Å². The minimum absolute atomic E-state index is 0.223. The lowest BCUT2D eigenvalue weighted by Crippen LogP contribution is -2.26. The molecule has 3 N–H and O–H groups in total. The first-order valence-corrected chi connectivity index (χ1v) is 5.90. The second kappa shape index (κ2) is 5.86. The van der Waals surface area contributed by atoms with Crippen LogP contribution in [0.2, 0.25) is 0 Å². The quantitative estimate of drug-likeness (QED) is 0.766. The predicted octanol–water partition coefficient (Wildman–Crippen LogP) is 1.05. The Labute approximate surface area is 109 Å². The number of aromatic amines is 1. The summed E-state index contributed by atoms with van der Waals surface area (Å²) >= 11 is 0. The number of hydrogen-bond acceptors (Lipinski definition) is 3. The van der Waals surface area contributed by atoms with E-state index in [0.29, 0.717) is 18.5 Å². The molecule has 0 unspecified atom stereocenters. The normalized spacial score (nSPS) is 10.1. The van der Waals surface area contributed by atoms with Crippen molar-refractivity contribution in [3.8, 4) is 5.75 Å². The summed E-state index contributed by atoms with van der Waals surface area (Å²) in [4.78, 5) is 25.0. The summed E-state index contributed by atoms with van der Waals surface area (Å²) in [6.07, 6.45) is 2.06. The largest absolute Gasteiger partial charge is 0.508 e. The summed E-state index contributed by atoms with van der Waals surface area (Å²) < 4.78 is 0. The second-order valence-corrected chi connectivity index (χ2v) is 4.11. The number of phenolic OH excluding ortho intramolecular Hbond substituents is 1. The number of carbonyl (C=O) groups excluding carboxylic acids is 1. The third kappa shape index (κ3) is 3.70. The third-order valence-electron chi connectivity index (χ3n) is 2.68. The fourth-order valence-corrected chi connectivity index (χ4v) is 1.64. The summed E-state index contributed by atoms with van der Waals surface area (Å²) in [5.41, 5.74) is 1.21. The molecule has 5 nitrogen and oxygen atoms in total. The molecule has 1 aromatic heterocycles. The number of pyridine rings is 1. The maximum atomic E-state index is 11.7. The van der Waals surface area contributed by atoms with Crippen molar-refractivity contribution in [2.24, 2.45) is 0 Å². The molecule has 0 aliphatic rings. The second-order valence-electron chi connectivity index (χ2n) is 4.11. The van der Waals surface area contributed by atoms with Crippen molar-refractivity contribution in [2.75, 3.05) is 6.54 Å². The summed E-state index contributed by atoms with van der Waals surface area (Å²) in [5, 5.41) is 11.9. The van der Waals surface area contributed by atoms with Gasteiger partial charge in [0.2, 0.25) is 5.56 Å². The summed E-state index contributed by atoms with van der Waals surface area (Å²) in [6.45, 7) is 0.489. The number of hydrogen-bond donors (Lipinski definition) is 3. The van der Waals surface area contributed by atoms with Crippen LogP contribution in [0.1, 0.15) is 15.9 Å². The molecular weight excluding hydrogens is 244 g/mol. The van der Waals surface area contributed by atoms with Gasteiger partial charge in [-0.25, -0.2) is 0 Å². The molecule has 98 valence electrons. The maximum absolute atomic E-state index is 11.7. The van der Waals surface area contributed by atoms with Crippen molar-refractivity contribution < 1.29 is 9.90 Å². The SMILES string of the molecule is O=C(NCCc1ccc(O)cc1)c1ccc(=O)[nH]c1. The van der Waals surface area contributed by atoms with E-state index in [1.165, 1.54) is 18.3 Å². The molecule has 0 radical (unpaired) electrons. The Morgan fingerprint density at radius 1 is 1.16 bits per heavy atom. The molecule has 0 saturated carbocycles. The zero-order chi connectivity index (χ0) is 13.7. The summed E-state index contributed by atoms with van der Waals surface area (Å²) in [7, 11) is 0. The number of benzene rings is 1. The van der Waals surface area contributed by atoms with Crippen LogP contribution < -0.4 is 10.9 Å². The van der Waals surface area contributed by atoms with Gasteiger partial charge in [0.05, 0.1) is 5.56 Å². The first-order chi connectivity index (χ1) is 9.15. The van der Waals surface area contributed by atoms with Gasteiger partial charge in [-0.3, -0.25) is 9.59 Å². The van der Waals surface area contributed by atoms with Crippen molar-refractivity contribution in [3.05, 3.63) is 64.1 Å². The fourth-order valence-electron chi connectivity index (χ4n) is 1.64. The Morgan fingerprint density at radius 3 is 2.53 bits per heavy atom. The molecule has 2 rings (SSSR count). The number of nitrogens with one attached hydrogen (secondary N) is 2. The molecular formula is C14H14N2O3. The predicted molar refractivity (Wildman–Crippen MR) is 71.2 cm³/mol. The Balaban J connectivity index is 1.85.